The maximum absolute atomic E-state index is 12.1. The SMILES string of the molecule is Cc1ccc(S(=O)(=O)N(C)CCBr)cc1C. The number of hydrogen-bond acceptors (Lipinski definition) is 2. The highest BCUT2D eigenvalue weighted by atomic mass is 79.9. The van der Waals surface area contributed by atoms with E-state index in [0.29, 0.717) is 16.8 Å². The molecule has 0 N–H and O–H groups in total. The van der Waals surface area contributed by atoms with E-state index in [1.807, 2.05) is 19.9 Å². The number of benzene rings is 1. The summed E-state index contributed by atoms with van der Waals surface area (Å²) in [6.45, 7) is 4.35. The van der Waals surface area contributed by atoms with Gasteiger partial charge in [-0.05, 0) is 37.1 Å². The summed E-state index contributed by atoms with van der Waals surface area (Å²) in [7, 11) is -1.75. The van der Waals surface area contributed by atoms with Gasteiger partial charge >= 0.3 is 0 Å². The molecule has 0 spiro atoms. The molecule has 3 nitrogen and oxygen atoms in total. The van der Waals surface area contributed by atoms with Gasteiger partial charge in [-0.2, -0.15) is 0 Å². The molecule has 0 aliphatic heterocycles. The highest BCUT2D eigenvalue weighted by Gasteiger charge is 2.20. The Kier molecular flexibility index (Phi) is 4.52. The molecule has 16 heavy (non-hydrogen) atoms. The van der Waals surface area contributed by atoms with Crippen molar-refractivity contribution in [2.75, 3.05) is 18.9 Å². The minimum atomic E-state index is -3.34. The normalized spacial score (nSPS) is 12.1. The molecule has 0 atom stereocenters. The Morgan fingerprint density at radius 3 is 2.38 bits per heavy atom. The Labute approximate surface area is 106 Å². The van der Waals surface area contributed by atoms with Crippen LogP contribution in [0.25, 0.3) is 0 Å². The Bertz CT molecular complexity index is 471. The molecule has 0 saturated heterocycles. The van der Waals surface area contributed by atoms with Crippen molar-refractivity contribution in [1.82, 2.24) is 4.31 Å². The lowest BCUT2D eigenvalue weighted by Gasteiger charge is -2.16. The van der Waals surface area contributed by atoms with E-state index in [1.165, 1.54) is 4.31 Å². The fourth-order valence-corrected chi connectivity index (χ4v) is 3.32. The molecule has 0 heterocycles. The third-order valence-electron chi connectivity index (χ3n) is 2.59. The fraction of sp³-hybridized carbons (Fsp3) is 0.455. The molecule has 0 aliphatic rings. The Morgan fingerprint density at radius 1 is 1.25 bits per heavy atom. The van der Waals surface area contributed by atoms with E-state index < -0.39 is 10.0 Å². The number of rotatable bonds is 4. The van der Waals surface area contributed by atoms with Crippen LogP contribution in [0.5, 0.6) is 0 Å². The van der Waals surface area contributed by atoms with Gasteiger partial charge in [0.15, 0.2) is 0 Å². The molecule has 0 aliphatic carbocycles. The van der Waals surface area contributed by atoms with Crippen LogP contribution in [0.4, 0.5) is 0 Å². The first-order chi connectivity index (χ1) is 7.39. The second-order valence-electron chi connectivity index (χ2n) is 3.76. The van der Waals surface area contributed by atoms with Crippen LogP contribution in [-0.2, 0) is 10.0 Å². The van der Waals surface area contributed by atoms with E-state index in [1.54, 1.807) is 19.2 Å². The van der Waals surface area contributed by atoms with Crippen molar-refractivity contribution in [2.24, 2.45) is 0 Å². The number of sulfonamides is 1. The van der Waals surface area contributed by atoms with Gasteiger partial charge in [0.05, 0.1) is 4.90 Å². The van der Waals surface area contributed by atoms with Crippen LogP contribution in [-0.4, -0.2) is 31.6 Å². The minimum absolute atomic E-state index is 0.360. The van der Waals surface area contributed by atoms with E-state index in [2.05, 4.69) is 15.9 Å². The second-order valence-corrected chi connectivity index (χ2v) is 6.60. The molecule has 90 valence electrons. The summed E-state index contributed by atoms with van der Waals surface area (Å²) in [6.07, 6.45) is 0. The van der Waals surface area contributed by atoms with Crippen molar-refractivity contribution in [1.29, 1.82) is 0 Å². The molecule has 1 aromatic carbocycles. The smallest absolute Gasteiger partial charge is 0.207 e. The lowest BCUT2D eigenvalue weighted by atomic mass is 10.1. The van der Waals surface area contributed by atoms with Crippen molar-refractivity contribution in [3.05, 3.63) is 29.3 Å². The van der Waals surface area contributed by atoms with Crippen LogP contribution >= 0.6 is 15.9 Å². The molecule has 1 aromatic rings. The van der Waals surface area contributed by atoms with Gasteiger partial charge in [-0.15, -0.1) is 0 Å². The van der Waals surface area contributed by atoms with Crippen molar-refractivity contribution in [3.8, 4) is 0 Å². The monoisotopic (exact) mass is 305 g/mol. The predicted molar refractivity (Wildman–Crippen MR) is 69.5 cm³/mol. The summed E-state index contributed by atoms with van der Waals surface area (Å²) in [5, 5.41) is 0.633. The van der Waals surface area contributed by atoms with Crippen LogP contribution in [0, 0.1) is 13.8 Å². The molecule has 0 radical (unpaired) electrons. The summed E-state index contributed by atoms with van der Waals surface area (Å²) in [6, 6.07) is 5.21. The average Bonchev–Trinajstić information content (AvgIpc) is 2.22. The van der Waals surface area contributed by atoms with Crippen LogP contribution in [0.1, 0.15) is 11.1 Å². The zero-order chi connectivity index (χ0) is 12.3. The lowest BCUT2D eigenvalue weighted by molar-refractivity contribution is 0.489. The van der Waals surface area contributed by atoms with Gasteiger partial charge in [0, 0.05) is 18.9 Å². The second kappa shape index (κ2) is 5.29. The highest BCUT2D eigenvalue weighted by Crippen LogP contribution is 2.18. The van der Waals surface area contributed by atoms with E-state index >= 15 is 0 Å². The molecular weight excluding hydrogens is 290 g/mol. The Balaban J connectivity index is 3.12. The van der Waals surface area contributed by atoms with Gasteiger partial charge < -0.3 is 0 Å². The van der Waals surface area contributed by atoms with Crippen molar-refractivity contribution < 1.29 is 8.42 Å². The summed E-state index contributed by atoms with van der Waals surface area (Å²) in [5.41, 5.74) is 2.09. The van der Waals surface area contributed by atoms with Gasteiger partial charge in [-0.1, -0.05) is 22.0 Å². The first-order valence-corrected chi connectivity index (χ1v) is 7.55. The van der Waals surface area contributed by atoms with E-state index in [0.717, 1.165) is 11.1 Å². The Morgan fingerprint density at radius 2 is 1.88 bits per heavy atom. The zero-order valence-electron chi connectivity index (χ0n) is 9.70. The molecule has 0 unspecified atom stereocenters. The standard InChI is InChI=1S/C11H16BrNO2S/c1-9-4-5-11(8-10(9)2)16(14,15)13(3)7-6-12/h4-5,8H,6-7H2,1-3H3. The van der Waals surface area contributed by atoms with Gasteiger partial charge in [0.2, 0.25) is 10.0 Å². The molecule has 0 aromatic heterocycles. The van der Waals surface area contributed by atoms with E-state index in [4.69, 9.17) is 0 Å². The maximum Gasteiger partial charge on any atom is 0.242 e. The lowest BCUT2D eigenvalue weighted by Crippen LogP contribution is -2.28. The van der Waals surface area contributed by atoms with Crippen LogP contribution in [0.3, 0.4) is 0 Å². The summed E-state index contributed by atoms with van der Waals surface area (Å²) >= 11 is 3.23. The average molecular weight is 306 g/mol. The third-order valence-corrected chi connectivity index (χ3v) is 4.79. The quantitative estimate of drug-likeness (QED) is 0.801. The first-order valence-electron chi connectivity index (χ1n) is 4.99. The number of halogens is 1. The molecule has 0 fully saturated rings. The minimum Gasteiger partial charge on any atom is -0.207 e. The largest absolute Gasteiger partial charge is 0.242 e. The zero-order valence-corrected chi connectivity index (χ0v) is 12.1. The van der Waals surface area contributed by atoms with Gasteiger partial charge in [-0.3, -0.25) is 0 Å². The number of hydrogen-bond donors (Lipinski definition) is 0. The van der Waals surface area contributed by atoms with Crippen LogP contribution in [0.15, 0.2) is 23.1 Å². The number of alkyl halides is 1. The third kappa shape index (κ3) is 2.84. The van der Waals surface area contributed by atoms with E-state index in [9.17, 15) is 8.42 Å². The van der Waals surface area contributed by atoms with Crippen LogP contribution < -0.4 is 0 Å². The van der Waals surface area contributed by atoms with Crippen molar-refractivity contribution in [3.63, 3.8) is 0 Å². The summed E-state index contributed by atoms with van der Waals surface area (Å²) in [4.78, 5) is 0.360. The van der Waals surface area contributed by atoms with E-state index in [-0.39, 0.29) is 0 Å². The Hall–Kier alpha value is -0.390. The summed E-state index contributed by atoms with van der Waals surface area (Å²) < 4.78 is 25.5. The van der Waals surface area contributed by atoms with Crippen molar-refractivity contribution in [2.45, 2.75) is 18.7 Å². The van der Waals surface area contributed by atoms with Gasteiger partial charge in [0.1, 0.15) is 0 Å². The number of aryl methyl sites for hydroxylation is 2. The predicted octanol–water partition coefficient (Wildman–Crippen LogP) is 2.32. The highest BCUT2D eigenvalue weighted by molar-refractivity contribution is 9.09. The van der Waals surface area contributed by atoms with Gasteiger partial charge in [-0.25, -0.2) is 12.7 Å². The molecular formula is C11H16BrNO2S. The maximum atomic E-state index is 12.1. The van der Waals surface area contributed by atoms with Gasteiger partial charge in [0.25, 0.3) is 0 Å². The van der Waals surface area contributed by atoms with Crippen LogP contribution in [0.2, 0.25) is 0 Å². The first kappa shape index (κ1) is 13.7. The molecule has 5 heteroatoms. The summed E-state index contributed by atoms with van der Waals surface area (Å²) in [5.74, 6) is 0. The fourth-order valence-electron chi connectivity index (χ4n) is 1.29. The topological polar surface area (TPSA) is 37.4 Å². The molecule has 0 amide bonds. The molecule has 1 rings (SSSR count). The molecule has 0 saturated carbocycles. The molecule has 0 bridgehead atoms. The van der Waals surface area contributed by atoms with Crippen molar-refractivity contribution >= 4 is 26.0 Å². The number of nitrogens with zero attached hydrogens (tertiary/aromatic N) is 1.